The molecule has 1 aliphatic heterocycles. The first-order valence-corrected chi connectivity index (χ1v) is 9.03. The summed E-state index contributed by atoms with van der Waals surface area (Å²) >= 11 is 1.94. The molecule has 0 spiro atoms. The molecule has 1 heterocycles. The molecule has 0 aromatic carbocycles. The van der Waals surface area contributed by atoms with Crippen LogP contribution in [0.4, 0.5) is 0 Å². The summed E-state index contributed by atoms with van der Waals surface area (Å²) in [7, 11) is 0. The molecular weight excluding hydrogens is 256 g/mol. The van der Waals surface area contributed by atoms with Crippen LogP contribution in [0.2, 0.25) is 0 Å². The van der Waals surface area contributed by atoms with Gasteiger partial charge in [-0.2, -0.15) is 11.8 Å². The first kappa shape index (κ1) is 15.2. The molecule has 1 saturated heterocycles. The number of carbonyl (C=O) groups is 1. The van der Waals surface area contributed by atoms with E-state index in [4.69, 9.17) is 0 Å². The van der Waals surface area contributed by atoms with Crippen LogP contribution in [0.15, 0.2) is 0 Å². The first-order valence-electron chi connectivity index (χ1n) is 7.75. The van der Waals surface area contributed by atoms with E-state index < -0.39 is 0 Å². The second-order valence-corrected chi connectivity index (χ2v) is 7.05. The van der Waals surface area contributed by atoms with Gasteiger partial charge in [0, 0.05) is 11.3 Å². The Labute approximate surface area is 121 Å². The van der Waals surface area contributed by atoms with Gasteiger partial charge < -0.3 is 4.90 Å². The molecule has 19 heavy (non-hydrogen) atoms. The topological polar surface area (TPSA) is 32.3 Å². The largest absolute Gasteiger partial charge is 0.322 e. The Hall–Kier alpha value is -0.220. The molecule has 0 radical (unpaired) electrons. The molecule has 0 bridgehead atoms. The summed E-state index contributed by atoms with van der Waals surface area (Å²) < 4.78 is 0. The lowest BCUT2D eigenvalue weighted by Gasteiger charge is -2.33. The molecule has 1 amide bonds. The van der Waals surface area contributed by atoms with Crippen molar-refractivity contribution in [3.05, 3.63) is 0 Å². The highest BCUT2D eigenvalue weighted by Crippen LogP contribution is 2.36. The predicted molar refractivity (Wildman–Crippen MR) is 82.2 cm³/mol. The van der Waals surface area contributed by atoms with Crippen LogP contribution in [0, 0.1) is 5.92 Å². The lowest BCUT2D eigenvalue weighted by Crippen LogP contribution is -2.47. The van der Waals surface area contributed by atoms with Gasteiger partial charge in [0.2, 0.25) is 5.91 Å². The minimum Gasteiger partial charge on any atom is -0.322 e. The molecule has 1 saturated carbocycles. The van der Waals surface area contributed by atoms with Crippen LogP contribution in [0.3, 0.4) is 0 Å². The number of thioether (sulfide) groups is 1. The minimum atomic E-state index is 0.0399. The Kier molecular flexibility index (Phi) is 5.18. The van der Waals surface area contributed by atoms with Crippen molar-refractivity contribution in [1.29, 1.82) is 0 Å². The number of nitrogens with zero attached hydrogens (tertiary/aromatic N) is 1. The quantitative estimate of drug-likeness (QED) is 0.842. The van der Waals surface area contributed by atoms with E-state index >= 15 is 0 Å². The van der Waals surface area contributed by atoms with Crippen molar-refractivity contribution < 1.29 is 4.79 Å². The summed E-state index contributed by atoms with van der Waals surface area (Å²) in [6.07, 6.45) is 8.22. The smallest absolute Gasteiger partial charge is 0.241 e. The van der Waals surface area contributed by atoms with Crippen molar-refractivity contribution in [2.24, 2.45) is 5.92 Å². The highest BCUT2D eigenvalue weighted by molar-refractivity contribution is 7.99. The van der Waals surface area contributed by atoms with E-state index in [1.807, 2.05) is 11.8 Å². The Morgan fingerprint density at radius 2 is 2.16 bits per heavy atom. The highest BCUT2D eigenvalue weighted by Gasteiger charge is 2.46. The summed E-state index contributed by atoms with van der Waals surface area (Å²) in [4.78, 5) is 15.0. The van der Waals surface area contributed by atoms with Gasteiger partial charge in [0.25, 0.3) is 0 Å². The van der Waals surface area contributed by atoms with Gasteiger partial charge in [0.1, 0.15) is 0 Å². The minimum absolute atomic E-state index is 0.0399. The molecular formula is C15H28N2OS. The van der Waals surface area contributed by atoms with Gasteiger partial charge in [0.05, 0.1) is 12.2 Å². The predicted octanol–water partition coefficient (Wildman–Crippen LogP) is 2.85. The van der Waals surface area contributed by atoms with Crippen molar-refractivity contribution in [2.75, 3.05) is 6.26 Å². The van der Waals surface area contributed by atoms with Gasteiger partial charge in [-0.05, 0) is 31.4 Å². The average molecular weight is 284 g/mol. The van der Waals surface area contributed by atoms with Crippen molar-refractivity contribution >= 4 is 17.7 Å². The summed E-state index contributed by atoms with van der Waals surface area (Å²) in [5, 5.41) is 4.21. The molecule has 1 aliphatic carbocycles. The maximum Gasteiger partial charge on any atom is 0.241 e. The monoisotopic (exact) mass is 284 g/mol. The van der Waals surface area contributed by atoms with Gasteiger partial charge in [-0.15, -0.1) is 0 Å². The third-order valence-electron chi connectivity index (χ3n) is 4.91. The number of rotatable bonds is 5. The van der Waals surface area contributed by atoms with E-state index in [2.05, 4.69) is 37.2 Å². The highest BCUT2D eigenvalue weighted by atomic mass is 32.2. The Bertz CT molecular complexity index is 323. The lowest BCUT2D eigenvalue weighted by molar-refractivity contribution is -0.132. The molecule has 4 heteroatoms. The zero-order valence-electron chi connectivity index (χ0n) is 12.7. The first-order chi connectivity index (χ1) is 9.13. The maximum absolute atomic E-state index is 12.8. The molecule has 0 aromatic rings. The molecule has 110 valence electrons. The van der Waals surface area contributed by atoms with Crippen molar-refractivity contribution in [3.63, 3.8) is 0 Å². The molecule has 2 rings (SSSR count). The van der Waals surface area contributed by atoms with E-state index in [9.17, 15) is 4.79 Å². The van der Waals surface area contributed by atoms with Gasteiger partial charge in [-0.1, -0.05) is 33.6 Å². The summed E-state index contributed by atoms with van der Waals surface area (Å²) in [5.74, 6) is 0.785. The van der Waals surface area contributed by atoms with Crippen LogP contribution in [0.25, 0.3) is 0 Å². The van der Waals surface area contributed by atoms with E-state index in [-0.39, 0.29) is 12.2 Å². The number of nitrogens with one attached hydrogen (secondary N) is 1. The Morgan fingerprint density at radius 3 is 2.74 bits per heavy atom. The fraction of sp³-hybridized carbons (Fsp3) is 0.933. The summed E-state index contributed by atoms with van der Waals surface area (Å²) in [6.45, 7) is 6.54. The summed E-state index contributed by atoms with van der Waals surface area (Å²) in [5.41, 5.74) is 0. The summed E-state index contributed by atoms with van der Waals surface area (Å²) in [6, 6.07) is 0.493. The Morgan fingerprint density at radius 1 is 1.42 bits per heavy atom. The molecule has 1 N–H and O–H groups in total. The fourth-order valence-corrected chi connectivity index (χ4v) is 4.51. The van der Waals surface area contributed by atoms with E-state index in [0.29, 0.717) is 23.1 Å². The van der Waals surface area contributed by atoms with Crippen LogP contribution in [-0.2, 0) is 4.79 Å². The van der Waals surface area contributed by atoms with Crippen LogP contribution >= 0.6 is 11.8 Å². The van der Waals surface area contributed by atoms with Crippen molar-refractivity contribution in [1.82, 2.24) is 10.2 Å². The van der Waals surface area contributed by atoms with Crippen molar-refractivity contribution in [2.45, 2.75) is 76.4 Å². The normalized spacial score (nSPS) is 37.1. The van der Waals surface area contributed by atoms with E-state index in [1.54, 1.807) is 0 Å². The fourth-order valence-electron chi connectivity index (χ4n) is 3.53. The van der Waals surface area contributed by atoms with Crippen LogP contribution < -0.4 is 5.32 Å². The number of amides is 1. The second-order valence-electron chi connectivity index (χ2n) is 5.97. The standard InChI is InChI=1S/C15H28N2OS/c1-5-10(3)14-15(18)17(13(6-2)16-14)11-8-7-9-12(11)19-4/h10-14,16H,5-9H2,1-4H3. The Balaban J connectivity index is 2.16. The lowest BCUT2D eigenvalue weighted by atomic mass is 9.99. The molecule has 2 fully saturated rings. The van der Waals surface area contributed by atoms with E-state index in [0.717, 1.165) is 12.8 Å². The molecule has 5 unspecified atom stereocenters. The third-order valence-corrected chi connectivity index (χ3v) is 6.06. The van der Waals surface area contributed by atoms with Gasteiger partial charge in [-0.3, -0.25) is 10.1 Å². The van der Waals surface area contributed by atoms with Gasteiger partial charge in [0.15, 0.2) is 0 Å². The zero-order chi connectivity index (χ0) is 14.0. The number of hydrogen-bond donors (Lipinski definition) is 1. The van der Waals surface area contributed by atoms with Crippen molar-refractivity contribution in [3.8, 4) is 0 Å². The SMILES string of the molecule is CCC(C)C1NC(CC)N(C2CCCC2SC)C1=O. The maximum atomic E-state index is 12.8. The van der Waals surface area contributed by atoms with Gasteiger partial charge in [-0.25, -0.2) is 0 Å². The average Bonchev–Trinajstić information content (AvgIpc) is 3.01. The van der Waals surface area contributed by atoms with Crippen LogP contribution in [0.5, 0.6) is 0 Å². The molecule has 3 nitrogen and oxygen atoms in total. The van der Waals surface area contributed by atoms with E-state index in [1.165, 1.54) is 19.3 Å². The second kappa shape index (κ2) is 6.49. The molecule has 5 atom stereocenters. The zero-order valence-corrected chi connectivity index (χ0v) is 13.5. The number of carbonyl (C=O) groups excluding carboxylic acids is 1. The third kappa shape index (κ3) is 2.80. The van der Waals surface area contributed by atoms with Gasteiger partial charge >= 0.3 is 0 Å². The molecule has 2 aliphatic rings. The molecule has 0 aromatic heterocycles. The number of hydrogen-bond acceptors (Lipinski definition) is 3. The van der Waals surface area contributed by atoms with Crippen LogP contribution in [-0.4, -0.2) is 40.6 Å². The van der Waals surface area contributed by atoms with Crippen LogP contribution in [0.1, 0.15) is 52.9 Å².